The summed E-state index contributed by atoms with van der Waals surface area (Å²) in [7, 11) is 0. The Balaban J connectivity index is 1.92. The molecule has 0 saturated carbocycles. The number of primary amides is 1. The molecule has 1 aromatic rings. The van der Waals surface area contributed by atoms with Crippen LogP contribution in [0.15, 0.2) is 18.2 Å². The first-order chi connectivity index (χ1) is 8.65. The largest absolute Gasteiger partial charge is 0.507 e. The van der Waals surface area contributed by atoms with Gasteiger partial charge in [0.05, 0.1) is 5.56 Å². The highest BCUT2D eigenvalue weighted by Gasteiger charge is 2.35. The molecule has 4 nitrogen and oxygen atoms in total. The Kier molecular flexibility index (Phi) is 2.74. The minimum absolute atomic E-state index is 0.0799. The van der Waals surface area contributed by atoms with Crippen LogP contribution in [-0.2, 0) is 0 Å². The first-order valence-corrected chi connectivity index (χ1v) is 6.53. The molecule has 2 fully saturated rings. The van der Waals surface area contributed by atoms with E-state index in [1.54, 1.807) is 12.1 Å². The van der Waals surface area contributed by atoms with E-state index in [-0.39, 0.29) is 11.3 Å². The SMILES string of the molecule is NC(=O)c1cccc(C2C[C@H]3CC[C@@H](C2)N3)c1O. The smallest absolute Gasteiger partial charge is 0.252 e. The van der Waals surface area contributed by atoms with E-state index in [1.807, 2.05) is 6.07 Å². The van der Waals surface area contributed by atoms with Crippen LogP contribution in [0.1, 0.15) is 47.5 Å². The summed E-state index contributed by atoms with van der Waals surface area (Å²) < 4.78 is 0. The van der Waals surface area contributed by atoms with Crippen molar-refractivity contribution in [1.29, 1.82) is 0 Å². The standard InChI is InChI=1S/C14H18N2O2/c15-14(18)12-3-1-2-11(13(12)17)8-6-9-4-5-10(7-8)16-9/h1-3,8-10,16-17H,4-7H2,(H2,15,18)/t8?,9-,10+. The van der Waals surface area contributed by atoms with Crippen molar-refractivity contribution in [3.63, 3.8) is 0 Å². The number of hydrogen-bond acceptors (Lipinski definition) is 3. The van der Waals surface area contributed by atoms with Crippen LogP contribution in [0.5, 0.6) is 5.75 Å². The number of fused-ring (bicyclic) bond motifs is 2. The maximum absolute atomic E-state index is 11.2. The molecule has 96 valence electrons. The lowest BCUT2D eigenvalue weighted by molar-refractivity contribution is 0.0997. The molecule has 0 radical (unpaired) electrons. The Morgan fingerprint density at radius 3 is 2.56 bits per heavy atom. The normalized spacial score (nSPS) is 30.3. The zero-order chi connectivity index (χ0) is 12.7. The summed E-state index contributed by atoms with van der Waals surface area (Å²) in [5.74, 6) is -0.148. The van der Waals surface area contributed by atoms with Gasteiger partial charge in [-0.3, -0.25) is 4.79 Å². The Morgan fingerprint density at radius 2 is 1.94 bits per heavy atom. The van der Waals surface area contributed by atoms with E-state index in [1.165, 1.54) is 12.8 Å². The quantitative estimate of drug-likeness (QED) is 0.740. The first-order valence-electron chi connectivity index (χ1n) is 6.53. The summed E-state index contributed by atoms with van der Waals surface area (Å²) in [5.41, 5.74) is 6.38. The van der Waals surface area contributed by atoms with Crippen LogP contribution in [0.4, 0.5) is 0 Å². The van der Waals surface area contributed by atoms with Crippen LogP contribution >= 0.6 is 0 Å². The Labute approximate surface area is 106 Å². The van der Waals surface area contributed by atoms with Crippen LogP contribution in [0, 0.1) is 0 Å². The average Bonchev–Trinajstić information content (AvgIpc) is 2.68. The third-order valence-electron chi connectivity index (χ3n) is 4.25. The Hall–Kier alpha value is -1.55. The summed E-state index contributed by atoms with van der Waals surface area (Å²) in [6, 6.07) is 6.42. The zero-order valence-corrected chi connectivity index (χ0v) is 10.2. The third kappa shape index (κ3) is 1.86. The molecule has 2 aliphatic heterocycles. The fraction of sp³-hybridized carbons (Fsp3) is 0.500. The average molecular weight is 246 g/mol. The van der Waals surface area contributed by atoms with Gasteiger partial charge in [-0.05, 0) is 43.2 Å². The number of hydrogen-bond donors (Lipinski definition) is 3. The monoisotopic (exact) mass is 246 g/mol. The van der Waals surface area contributed by atoms with Crippen molar-refractivity contribution in [3.05, 3.63) is 29.3 Å². The molecule has 1 amide bonds. The Bertz CT molecular complexity index is 475. The molecule has 1 unspecified atom stereocenters. The summed E-state index contributed by atoms with van der Waals surface area (Å²) in [6.07, 6.45) is 4.51. The second kappa shape index (κ2) is 4.28. The van der Waals surface area contributed by atoms with Gasteiger partial charge >= 0.3 is 0 Å². The van der Waals surface area contributed by atoms with Crippen molar-refractivity contribution in [2.24, 2.45) is 5.73 Å². The van der Waals surface area contributed by atoms with Gasteiger partial charge in [-0.1, -0.05) is 12.1 Å². The number of carbonyl (C=O) groups is 1. The zero-order valence-electron chi connectivity index (χ0n) is 10.2. The van der Waals surface area contributed by atoms with Gasteiger partial charge in [0, 0.05) is 12.1 Å². The number of piperidine rings is 1. The molecule has 1 aromatic carbocycles. The lowest BCUT2D eigenvalue weighted by atomic mass is 9.85. The van der Waals surface area contributed by atoms with E-state index in [0.29, 0.717) is 18.0 Å². The molecule has 2 saturated heterocycles. The molecule has 2 bridgehead atoms. The van der Waals surface area contributed by atoms with Crippen LogP contribution in [0.25, 0.3) is 0 Å². The molecule has 3 rings (SSSR count). The fourth-order valence-electron chi connectivity index (χ4n) is 3.40. The highest BCUT2D eigenvalue weighted by molar-refractivity contribution is 5.96. The molecule has 2 heterocycles. The molecule has 4 N–H and O–H groups in total. The minimum atomic E-state index is -0.564. The highest BCUT2D eigenvalue weighted by Crippen LogP contribution is 2.41. The van der Waals surface area contributed by atoms with Crippen molar-refractivity contribution in [3.8, 4) is 5.75 Å². The second-order valence-electron chi connectivity index (χ2n) is 5.41. The number of para-hydroxylation sites is 1. The minimum Gasteiger partial charge on any atom is -0.507 e. The van der Waals surface area contributed by atoms with E-state index >= 15 is 0 Å². The number of amides is 1. The van der Waals surface area contributed by atoms with Gasteiger partial charge in [0.2, 0.25) is 0 Å². The first kappa shape index (κ1) is 11.5. The molecule has 4 heteroatoms. The molecule has 0 aromatic heterocycles. The van der Waals surface area contributed by atoms with Crippen molar-refractivity contribution < 1.29 is 9.90 Å². The van der Waals surface area contributed by atoms with Gasteiger partial charge in [-0.25, -0.2) is 0 Å². The number of benzene rings is 1. The van der Waals surface area contributed by atoms with Crippen molar-refractivity contribution in [2.75, 3.05) is 0 Å². The number of aromatic hydroxyl groups is 1. The van der Waals surface area contributed by atoms with Crippen LogP contribution < -0.4 is 11.1 Å². The van der Waals surface area contributed by atoms with Crippen LogP contribution in [0.3, 0.4) is 0 Å². The van der Waals surface area contributed by atoms with E-state index < -0.39 is 5.91 Å². The van der Waals surface area contributed by atoms with Gasteiger partial charge in [0.1, 0.15) is 5.75 Å². The maximum Gasteiger partial charge on any atom is 0.252 e. The molecule has 18 heavy (non-hydrogen) atoms. The second-order valence-corrected chi connectivity index (χ2v) is 5.41. The third-order valence-corrected chi connectivity index (χ3v) is 4.25. The van der Waals surface area contributed by atoms with Gasteiger partial charge in [-0.15, -0.1) is 0 Å². The lowest BCUT2D eigenvalue weighted by Gasteiger charge is -2.30. The Morgan fingerprint density at radius 1 is 1.28 bits per heavy atom. The number of phenols is 1. The molecule has 2 aliphatic rings. The summed E-state index contributed by atoms with van der Waals surface area (Å²) in [4.78, 5) is 11.2. The fourth-order valence-corrected chi connectivity index (χ4v) is 3.40. The van der Waals surface area contributed by atoms with Crippen LogP contribution in [-0.4, -0.2) is 23.1 Å². The molecule has 3 atom stereocenters. The predicted molar refractivity (Wildman–Crippen MR) is 68.5 cm³/mol. The van der Waals surface area contributed by atoms with E-state index in [4.69, 9.17) is 5.73 Å². The lowest BCUT2D eigenvalue weighted by Crippen LogP contribution is -2.37. The number of rotatable bonds is 2. The molecule has 0 aliphatic carbocycles. The topological polar surface area (TPSA) is 75.4 Å². The van der Waals surface area contributed by atoms with E-state index in [2.05, 4.69) is 5.32 Å². The number of nitrogens with one attached hydrogen (secondary N) is 1. The molecular weight excluding hydrogens is 228 g/mol. The summed E-state index contributed by atoms with van der Waals surface area (Å²) >= 11 is 0. The van der Waals surface area contributed by atoms with Crippen LogP contribution in [0.2, 0.25) is 0 Å². The van der Waals surface area contributed by atoms with Gasteiger partial charge in [0.15, 0.2) is 0 Å². The summed E-state index contributed by atoms with van der Waals surface area (Å²) in [6.45, 7) is 0. The highest BCUT2D eigenvalue weighted by atomic mass is 16.3. The summed E-state index contributed by atoms with van der Waals surface area (Å²) in [5, 5.41) is 13.8. The van der Waals surface area contributed by atoms with E-state index in [0.717, 1.165) is 18.4 Å². The van der Waals surface area contributed by atoms with Crippen molar-refractivity contribution >= 4 is 5.91 Å². The predicted octanol–water partition coefficient (Wildman–Crippen LogP) is 1.49. The molecular formula is C14H18N2O2. The number of carbonyl (C=O) groups excluding carboxylic acids is 1. The maximum atomic E-state index is 11.2. The number of nitrogens with two attached hydrogens (primary N) is 1. The molecule has 0 spiro atoms. The van der Waals surface area contributed by atoms with E-state index in [9.17, 15) is 9.90 Å². The van der Waals surface area contributed by atoms with Gasteiger partial charge in [0.25, 0.3) is 5.91 Å². The van der Waals surface area contributed by atoms with Crippen molar-refractivity contribution in [1.82, 2.24) is 5.32 Å². The van der Waals surface area contributed by atoms with Gasteiger partial charge < -0.3 is 16.2 Å². The van der Waals surface area contributed by atoms with Crippen molar-refractivity contribution in [2.45, 2.75) is 43.7 Å². The van der Waals surface area contributed by atoms with Gasteiger partial charge in [-0.2, -0.15) is 0 Å².